The number of carbonyl (C=O) groups is 2. The van der Waals surface area contributed by atoms with Crippen LogP contribution in [0.5, 0.6) is 5.75 Å². The summed E-state index contributed by atoms with van der Waals surface area (Å²) in [4.78, 5) is 33.1. The van der Waals surface area contributed by atoms with Gasteiger partial charge in [-0.15, -0.1) is 0 Å². The normalized spacial score (nSPS) is 26.5. The van der Waals surface area contributed by atoms with Gasteiger partial charge in [-0.2, -0.15) is 13.2 Å². The fourth-order valence-electron chi connectivity index (χ4n) is 8.92. The van der Waals surface area contributed by atoms with Crippen LogP contribution in [0, 0.1) is 11.3 Å². The van der Waals surface area contributed by atoms with Crippen molar-refractivity contribution in [1.82, 2.24) is 9.80 Å². The molecule has 3 heterocycles. The number of ether oxygens (including phenoxy) is 2. The molecule has 1 aliphatic carbocycles. The molecule has 4 fully saturated rings. The predicted molar refractivity (Wildman–Crippen MR) is 189 cm³/mol. The number of piperidine rings is 1. The molecule has 7 nitrogen and oxygen atoms in total. The first-order chi connectivity index (χ1) is 23.9. The molecule has 3 aliphatic heterocycles. The highest BCUT2D eigenvalue weighted by Gasteiger charge is 2.58. The molecule has 1 unspecified atom stereocenters. The van der Waals surface area contributed by atoms with Crippen LogP contribution in [0.25, 0.3) is 0 Å². The molecule has 3 saturated heterocycles. The van der Waals surface area contributed by atoms with Crippen molar-refractivity contribution < 1.29 is 36.6 Å². The fourth-order valence-corrected chi connectivity index (χ4v) is 8.92. The Morgan fingerprint density at radius 3 is 2.10 bits per heavy atom. The third-order valence-corrected chi connectivity index (χ3v) is 11.7. The van der Waals surface area contributed by atoms with E-state index in [4.69, 9.17) is 9.47 Å². The number of nitrogens with zero attached hydrogens (tertiary/aromatic N) is 3. The number of methoxy groups -OCH3 is 1. The number of benzene rings is 2. The van der Waals surface area contributed by atoms with E-state index in [9.17, 15) is 22.8 Å². The highest BCUT2D eigenvalue weighted by Crippen LogP contribution is 2.50. The van der Waals surface area contributed by atoms with Crippen molar-refractivity contribution in [2.45, 2.75) is 108 Å². The van der Waals surface area contributed by atoms with Crippen LogP contribution in [0.1, 0.15) is 102 Å². The van der Waals surface area contributed by atoms with Crippen LogP contribution < -0.4 is 9.64 Å². The fraction of sp³-hybridized carbons (Fsp3) is 0.650. The lowest BCUT2D eigenvalue weighted by atomic mass is 9.76. The third kappa shape index (κ3) is 7.74. The molecule has 4 aliphatic rings. The minimum atomic E-state index is -4.54. The molecular formula is C40H53F4N3O4. The van der Waals surface area contributed by atoms with E-state index >= 15 is 4.39 Å². The maximum atomic E-state index is 17.7. The SMILES string of the molecule is COc1ccc([C@@H]2CN(C3CCCC3)C[C@@]2(F)C(=O)N2CC(c3ccc(C(F)(F)F)cc3N3CCC(C(=O)OC(C)(C)C)CC3)C(C)(C)C2)cc1. The van der Waals surface area contributed by atoms with Crippen LogP contribution in [-0.4, -0.2) is 85.4 Å². The van der Waals surface area contributed by atoms with Gasteiger partial charge in [-0.3, -0.25) is 14.5 Å². The maximum Gasteiger partial charge on any atom is 0.416 e. The minimum Gasteiger partial charge on any atom is -0.497 e. The molecule has 1 amide bonds. The van der Waals surface area contributed by atoms with Gasteiger partial charge in [0.25, 0.3) is 5.91 Å². The van der Waals surface area contributed by atoms with Gasteiger partial charge in [0.15, 0.2) is 0 Å². The molecule has 2 aromatic carbocycles. The Morgan fingerprint density at radius 2 is 1.51 bits per heavy atom. The van der Waals surface area contributed by atoms with E-state index in [1.54, 1.807) is 30.2 Å². The molecule has 0 bridgehead atoms. The van der Waals surface area contributed by atoms with Gasteiger partial charge >= 0.3 is 12.1 Å². The van der Waals surface area contributed by atoms with Crippen molar-refractivity contribution in [2.75, 3.05) is 51.3 Å². The molecule has 0 radical (unpaired) electrons. The van der Waals surface area contributed by atoms with Gasteiger partial charge in [0.2, 0.25) is 5.67 Å². The molecule has 0 spiro atoms. The van der Waals surface area contributed by atoms with E-state index in [-0.39, 0.29) is 43.5 Å². The number of carbonyl (C=O) groups excluding carboxylic acids is 2. The smallest absolute Gasteiger partial charge is 0.416 e. The summed E-state index contributed by atoms with van der Waals surface area (Å²) in [5.74, 6) is -1.51. The monoisotopic (exact) mass is 715 g/mol. The summed E-state index contributed by atoms with van der Waals surface area (Å²) in [6, 6.07) is 11.4. The number of hydrogen-bond donors (Lipinski definition) is 0. The van der Waals surface area contributed by atoms with Crippen LogP contribution in [0.4, 0.5) is 23.2 Å². The summed E-state index contributed by atoms with van der Waals surface area (Å²) in [6.07, 6.45) is 0.541. The zero-order valence-electron chi connectivity index (χ0n) is 30.8. The largest absolute Gasteiger partial charge is 0.497 e. The average Bonchev–Trinajstić information content (AvgIpc) is 3.81. The Hall–Kier alpha value is -3.34. The van der Waals surface area contributed by atoms with Crippen molar-refractivity contribution in [1.29, 1.82) is 0 Å². The number of halogens is 4. The second-order valence-corrected chi connectivity index (χ2v) is 16.8. The quantitative estimate of drug-likeness (QED) is 0.214. The van der Waals surface area contributed by atoms with Crippen LogP contribution in [0.3, 0.4) is 0 Å². The number of likely N-dealkylation sites (tertiary alicyclic amines) is 2. The van der Waals surface area contributed by atoms with Gasteiger partial charge in [0.1, 0.15) is 11.4 Å². The molecule has 11 heteroatoms. The van der Waals surface area contributed by atoms with Crippen LogP contribution in [0.2, 0.25) is 0 Å². The third-order valence-electron chi connectivity index (χ3n) is 11.7. The Bertz CT molecular complexity index is 1580. The number of rotatable bonds is 7. The zero-order chi connectivity index (χ0) is 36.9. The number of alkyl halides is 4. The van der Waals surface area contributed by atoms with E-state index in [0.717, 1.165) is 37.3 Å². The van der Waals surface area contributed by atoms with Gasteiger partial charge in [0.05, 0.1) is 18.6 Å². The number of esters is 1. The zero-order valence-corrected chi connectivity index (χ0v) is 30.8. The molecule has 1 saturated carbocycles. The Morgan fingerprint density at radius 1 is 0.863 bits per heavy atom. The topological polar surface area (TPSA) is 62.3 Å². The van der Waals surface area contributed by atoms with E-state index in [2.05, 4.69) is 4.90 Å². The summed E-state index contributed by atoms with van der Waals surface area (Å²) in [5.41, 5.74) is -2.16. The van der Waals surface area contributed by atoms with Crippen LogP contribution in [-0.2, 0) is 20.5 Å². The summed E-state index contributed by atoms with van der Waals surface area (Å²) in [5, 5.41) is 0. The highest BCUT2D eigenvalue weighted by atomic mass is 19.4. The van der Waals surface area contributed by atoms with Crippen molar-refractivity contribution in [3.8, 4) is 5.75 Å². The molecule has 6 rings (SSSR count). The van der Waals surface area contributed by atoms with Crippen LogP contribution in [0.15, 0.2) is 42.5 Å². The average molecular weight is 716 g/mol. The second kappa shape index (κ2) is 13.9. The lowest BCUT2D eigenvalue weighted by Gasteiger charge is -2.37. The number of anilines is 1. The van der Waals surface area contributed by atoms with Gasteiger partial charge in [-0.25, -0.2) is 4.39 Å². The van der Waals surface area contributed by atoms with Gasteiger partial charge in [-0.05, 0) is 87.3 Å². The summed E-state index contributed by atoms with van der Waals surface area (Å²) < 4.78 is 70.9. The molecule has 280 valence electrons. The Labute approximate surface area is 299 Å². The predicted octanol–water partition coefficient (Wildman–Crippen LogP) is 7.97. The first-order valence-corrected chi connectivity index (χ1v) is 18.4. The molecule has 3 atom stereocenters. The van der Waals surface area contributed by atoms with Gasteiger partial charge < -0.3 is 19.3 Å². The Balaban J connectivity index is 1.28. The van der Waals surface area contributed by atoms with Crippen molar-refractivity contribution >= 4 is 17.6 Å². The van der Waals surface area contributed by atoms with Crippen molar-refractivity contribution in [3.05, 3.63) is 59.2 Å². The molecule has 0 N–H and O–H groups in total. The van der Waals surface area contributed by atoms with Gasteiger partial charge in [0, 0.05) is 62.8 Å². The molecule has 0 aromatic heterocycles. The minimum absolute atomic E-state index is 0.0207. The summed E-state index contributed by atoms with van der Waals surface area (Å²) >= 11 is 0. The van der Waals surface area contributed by atoms with E-state index in [1.165, 1.54) is 6.07 Å². The lowest BCUT2D eigenvalue weighted by Crippen LogP contribution is -2.50. The summed E-state index contributed by atoms with van der Waals surface area (Å²) in [7, 11) is 1.58. The Kier molecular flexibility index (Phi) is 10.2. The summed E-state index contributed by atoms with van der Waals surface area (Å²) in [6.45, 7) is 11.2. The van der Waals surface area contributed by atoms with Crippen molar-refractivity contribution in [2.24, 2.45) is 11.3 Å². The molecular weight excluding hydrogens is 662 g/mol. The number of hydrogen-bond acceptors (Lipinski definition) is 6. The standard InChI is InChI=1S/C40H53F4N3O4/c1-37(2,3)51-35(48)27-17-19-45(20-18-27)34-21-28(40(42,43)44)13-16-31(34)33-23-47(24-38(33,4)5)36(49)39(41)25-46(29-9-7-8-10-29)22-32(39)26-11-14-30(50-6)15-12-26/h11-16,21,27,29,32-33H,7-10,17-20,22-25H2,1-6H3/t32-,33?,39-/m0/s1. The van der Waals surface area contributed by atoms with E-state index < -0.39 is 40.2 Å². The lowest BCUT2D eigenvalue weighted by molar-refractivity contribution is -0.160. The maximum absolute atomic E-state index is 17.7. The van der Waals surface area contributed by atoms with Crippen LogP contribution >= 0.6 is 0 Å². The van der Waals surface area contributed by atoms with Gasteiger partial charge in [-0.1, -0.05) is 44.9 Å². The number of amides is 1. The van der Waals surface area contributed by atoms with E-state index in [0.29, 0.717) is 49.5 Å². The molecule has 2 aromatic rings. The molecule has 51 heavy (non-hydrogen) atoms. The highest BCUT2D eigenvalue weighted by molar-refractivity contribution is 5.88. The van der Waals surface area contributed by atoms with E-state index in [1.807, 2.05) is 51.7 Å². The first kappa shape index (κ1) is 37.4. The van der Waals surface area contributed by atoms with Crippen molar-refractivity contribution in [3.63, 3.8) is 0 Å². The second-order valence-electron chi connectivity index (χ2n) is 16.8. The first-order valence-electron chi connectivity index (χ1n) is 18.4.